The molecule has 0 heterocycles. The summed E-state index contributed by atoms with van der Waals surface area (Å²) in [5.74, 6) is 0.568. The van der Waals surface area contributed by atoms with Gasteiger partial charge in [0, 0.05) is 11.1 Å². The van der Waals surface area contributed by atoms with Gasteiger partial charge in [-0.05, 0) is 115 Å². The number of hydrogen-bond donors (Lipinski definition) is 0. The number of hydrogen-bond acceptors (Lipinski definition) is 6. The lowest BCUT2D eigenvalue weighted by atomic mass is 9.67. The fraction of sp³-hybridized carbons (Fsp3) is 0.0794. The van der Waals surface area contributed by atoms with Crippen LogP contribution in [0.2, 0.25) is 0 Å². The zero-order chi connectivity index (χ0) is 46.6. The first kappa shape index (κ1) is 42.9. The van der Waals surface area contributed by atoms with Crippen LogP contribution in [0.3, 0.4) is 0 Å². The maximum absolute atomic E-state index is 13.2. The highest BCUT2D eigenvalue weighted by molar-refractivity contribution is 5.96. The Hall–Kier alpha value is -8.74. The minimum atomic E-state index is -0.762. The third-order valence-corrected chi connectivity index (χ3v) is 13.1. The lowest BCUT2D eigenvalue weighted by molar-refractivity contribution is 0.0443. The molecule has 0 aromatic heterocycles. The molecule has 10 aromatic carbocycles. The number of ether oxygens (including phenoxy) is 4. The van der Waals surface area contributed by atoms with E-state index in [2.05, 4.69) is 97.1 Å². The van der Waals surface area contributed by atoms with E-state index in [0.717, 1.165) is 77.2 Å². The third-order valence-electron chi connectivity index (χ3n) is 13.1. The molecule has 6 heteroatoms. The van der Waals surface area contributed by atoms with Crippen molar-refractivity contribution in [2.24, 2.45) is 0 Å². The summed E-state index contributed by atoms with van der Waals surface area (Å²) in [6.45, 7) is 0.492. The fourth-order valence-corrected chi connectivity index (χ4v) is 9.86. The van der Waals surface area contributed by atoms with Gasteiger partial charge in [0.05, 0.1) is 16.5 Å². The van der Waals surface area contributed by atoms with E-state index in [4.69, 9.17) is 18.9 Å². The van der Waals surface area contributed by atoms with Gasteiger partial charge in [0.1, 0.15) is 37.9 Å². The largest absolute Gasteiger partial charge is 0.489 e. The quantitative estimate of drug-likeness (QED) is 0.0800. The number of carbonyl (C=O) groups excluding carboxylic acids is 2. The minimum absolute atomic E-state index is 0.0793. The van der Waals surface area contributed by atoms with Gasteiger partial charge >= 0.3 is 11.9 Å². The summed E-state index contributed by atoms with van der Waals surface area (Å²) in [6, 6.07) is 77.8. The molecule has 0 radical (unpaired) electrons. The fourth-order valence-electron chi connectivity index (χ4n) is 9.86. The molecule has 0 fully saturated rings. The van der Waals surface area contributed by atoms with Gasteiger partial charge in [-0.3, -0.25) is 0 Å². The molecule has 10 aromatic rings. The van der Waals surface area contributed by atoms with Gasteiger partial charge in [0.25, 0.3) is 0 Å². The first-order chi connectivity index (χ1) is 34.0. The summed E-state index contributed by atoms with van der Waals surface area (Å²) >= 11 is 0. The Morgan fingerprint density at radius 3 is 1.17 bits per heavy atom. The molecule has 0 aliphatic heterocycles. The maximum atomic E-state index is 13.2. The molecule has 0 atom stereocenters. The first-order valence-corrected chi connectivity index (χ1v) is 23.2. The van der Waals surface area contributed by atoms with Crippen molar-refractivity contribution in [1.82, 2.24) is 0 Å². The summed E-state index contributed by atoms with van der Waals surface area (Å²) in [6.07, 6.45) is 0. The molecule has 0 saturated carbocycles. The molecule has 0 bridgehead atoms. The highest BCUT2D eigenvalue weighted by atomic mass is 16.6. The Labute approximate surface area is 401 Å². The van der Waals surface area contributed by atoms with Gasteiger partial charge in [0.15, 0.2) is 0 Å². The van der Waals surface area contributed by atoms with Crippen LogP contribution in [0.1, 0.15) is 43.0 Å². The van der Waals surface area contributed by atoms with Gasteiger partial charge in [-0.25, -0.2) is 9.59 Å². The molecule has 1 aliphatic carbocycles. The van der Waals surface area contributed by atoms with Crippen molar-refractivity contribution in [2.45, 2.75) is 5.41 Å². The molecule has 11 rings (SSSR count). The molecular formula is C63H46O6. The standard InChI is InChI=1S/C63H46O6/c64-61(49-29-27-43-15-7-9-21-47(43)39-49)68-37-35-66-59-33-31-51(41-55(59)45-17-3-1-4-18-45)63(57-25-13-11-23-53(57)54-24-12-14-26-58(54)63)52-32-34-60(56(42-52)46-19-5-2-6-20-46)67-36-38-69-62(65)50-30-28-44-16-8-10-22-48(44)40-50/h1-34,39-42H,35-38H2. The SMILES string of the molecule is O=C(OCCOc1ccc(C2(c3ccc(OCCOC(=O)c4ccc5ccccc5c4)c(-c4ccccc4)c3)c3ccccc3-c3ccccc32)cc1-c1ccccc1)c1ccc2ccccc2c1. The summed E-state index contributed by atoms with van der Waals surface area (Å²) < 4.78 is 24.5. The van der Waals surface area contributed by atoms with Crippen molar-refractivity contribution in [3.8, 4) is 44.9 Å². The van der Waals surface area contributed by atoms with E-state index in [1.54, 1.807) is 12.1 Å². The molecule has 69 heavy (non-hydrogen) atoms. The van der Waals surface area contributed by atoms with Crippen molar-refractivity contribution in [1.29, 1.82) is 0 Å². The molecule has 6 nitrogen and oxygen atoms in total. The van der Waals surface area contributed by atoms with Crippen LogP contribution < -0.4 is 9.47 Å². The molecule has 0 amide bonds. The predicted molar refractivity (Wildman–Crippen MR) is 274 cm³/mol. The number of carbonyl (C=O) groups is 2. The van der Waals surface area contributed by atoms with Gasteiger partial charge in [-0.1, -0.05) is 182 Å². The van der Waals surface area contributed by atoms with Crippen LogP contribution in [0.15, 0.2) is 231 Å². The van der Waals surface area contributed by atoms with Gasteiger partial charge in [0.2, 0.25) is 0 Å². The Kier molecular flexibility index (Phi) is 11.7. The second kappa shape index (κ2) is 18.9. The van der Waals surface area contributed by atoms with Crippen molar-refractivity contribution >= 4 is 33.5 Å². The maximum Gasteiger partial charge on any atom is 0.338 e. The molecule has 1 aliphatic rings. The average Bonchev–Trinajstić information content (AvgIpc) is 3.72. The Morgan fingerprint density at radius 2 is 0.725 bits per heavy atom. The van der Waals surface area contributed by atoms with Gasteiger partial charge in [-0.15, -0.1) is 0 Å². The Bertz CT molecular complexity index is 3270. The normalized spacial score (nSPS) is 12.2. The second-order valence-electron chi connectivity index (χ2n) is 17.1. The molecule has 334 valence electrons. The van der Waals surface area contributed by atoms with Gasteiger partial charge in [-0.2, -0.15) is 0 Å². The van der Waals surface area contributed by atoms with E-state index in [-0.39, 0.29) is 26.4 Å². The summed E-state index contributed by atoms with van der Waals surface area (Å²) in [5.41, 5.74) is 10.8. The lowest BCUT2D eigenvalue weighted by Crippen LogP contribution is -2.29. The molecule has 0 saturated heterocycles. The molecule has 0 spiro atoms. The highest BCUT2D eigenvalue weighted by Gasteiger charge is 2.46. The van der Waals surface area contributed by atoms with Crippen LogP contribution >= 0.6 is 0 Å². The highest BCUT2D eigenvalue weighted by Crippen LogP contribution is 2.57. The zero-order valence-corrected chi connectivity index (χ0v) is 37.7. The number of fused-ring (bicyclic) bond motifs is 5. The topological polar surface area (TPSA) is 71.1 Å². The number of rotatable bonds is 14. The van der Waals surface area contributed by atoms with Crippen LogP contribution in [0.5, 0.6) is 11.5 Å². The molecule has 0 N–H and O–H groups in total. The molecule has 0 unspecified atom stereocenters. The second-order valence-corrected chi connectivity index (χ2v) is 17.1. The van der Waals surface area contributed by atoms with Crippen LogP contribution in [0, 0.1) is 0 Å². The van der Waals surface area contributed by atoms with Crippen LogP contribution in [0.4, 0.5) is 0 Å². The summed E-state index contributed by atoms with van der Waals surface area (Å²) in [5, 5.41) is 4.09. The van der Waals surface area contributed by atoms with E-state index in [0.29, 0.717) is 22.6 Å². The van der Waals surface area contributed by atoms with Crippen molar-refractivity contribution in [3.63, 3.8) is 0 Å². The van der Waals surface area contributed by atoms with Crippen molar-refractivity contribution in [2.75, 3.05) is 26.4 Å². The number of esters is 2. The zero-order valence-electron chi connectivity index (χ0n) is 37.7. The summed E-state index contributed by atoms with van der Waals surface area (Å²) in [4.78, 5) is 26.3. The van der Waals surface area contributed by atoms with Crippen molar-refractivity contribution in [3.05, 3.63) is 264 Å². The van der Waals surface area contributed by atoms with Gasteiger partial charge < -0.3 is 18.9 Å². The van der Waals surface area contributed by atoms with Crippen LogP contribution in [-0.2, 0) is 14.9 Å². The van der Waals surface area contributed by atoms with Crippen LogP contribution in [-0.4, -0.2) is 38.4 Å². The lowest BCUT2D eigenvalue weighted by Gasteiger charge is -2.35. The van der Waals surface area contributed by atoms with E-state index < -0.39 is 17.4 Å². The Balaban J connectivity index is 0.938. The van der Waals surface area contributed by atoms with E-state index in [1.807, 2.05) is 121 Å². The predicted octanol–water partition coefficient (Wildman–Crippen LogP) is 14.2. The molecular weight excluding hydrogens is 853 g/mol. The minimum Gasteiger partial charge on any atom is -0.489 e. The van der Waals surface area contributed by atoms with Crippen molar-refractivity contribution < 1.29 is 28.5 Å². The average molecular weight is 899 g/mol. The monoisotopic (exact) mass is 898 g/mol. The van der Waals surface area contributed by atoms with E-state index in [9.17, 15) is 9.59 Å². The first-order valence-electron chi connectivity index (χ1n) is 23.2. The van der Waals surface area contributed by atoms with E-state index >= 15 is 0 Å². The third kappa shape index (κ3) is 8.27. The number of benzene rings is 10. The smallest absolute Gasteiger partial charge is 0.338 e. The Morgan fingerprint density at radius 1 is 0.333 bits per heavy atom. The van der Waals surface area contributed by atoms with E-state index in [1.165, 1.54) is 0 Å². The summed E-state index contributed by atoms with van der Waals surface area (Å²) in [7, 11) is 0. The van der Waals surface area contributed by atoms with Crippen LogP contribution in [0.25, 0.3) is 54.9 Å².